The highest BCUT2D eigenvalue weighted by Gasteiger charge is 2.23. The van der Waals surface area contributed by atoms with Crippen LogP contribution in [0.5, 0.6) is 5.75 Å². The number of carbonyl (C=O) groups is 1. The Morgan fingerprint density at radius 1 is 1.53 bits per heavy atom. The van der Waals surface area contributed by atoms with Gasteiger partial charge in [-0.15, -0.1) is 0 Å². The molecule has 2 rings (SSSR count). The molecule has 1 fully saturated rings. The van der Waals surface area contributed by atoms with E-state index in [1.807, 2.05) is 6.92 Å². The SMILES string of the molecule is CNC(C)c1cc(F)ccc1OCC(=O)NC1CC1. The third kappa shape index (κ3) is 3.92. The van der Waals surface area contributed by atoms with Crippen LogP contribution in [0.3, 0.4) is 0 Å². The summed E-state index contributed by atoms with van der Waals surface area (Å²) in [5, 5.41) is 5.88. The van der Waals surface area contributed by atoms with Crippen LogP contribution in [-0.2, 0) is 4.79 Å². The second-order valence-electron chi connectivity index (χ2n) is 4.82. The van der Waals surface area contributed by atoms with Crippen LogP contribution in [-0.4, -0.2) is 25.6 Å². The lowest BCUT2D eigenvalue weighted by molar-refractivity contribution is -0.123. The van der Waals surface area contributed by atoms with E-state index >= 15 is 0 Å². The van der Waals surface area contributed by atoms with Crippen molar-refractivity contribution in [2.75, 3.05) is 13.7 Å². The molecule has 1 unspecified atom stereocenters. The molecule has 2 N–H and O–H groups in total. The molecule has 1 atom stereocenters. The number of hydrogen-bond acceptors (Lipinski definition) is 3. The van der Waals surface area contributed by atoms with E-state index in [0.29, 0.717) is 17.4 Å². The van der Waals surface area contributed by atoms with Gasteiger partial charge in [-0.25, -0.2) is 4.39 Å². The molecule has 0 radical (unpaired) electrons. The first-order chi connectivity index (χ1) is 9.10. The van der Waals surface area contributed by atoms with Gasteiger partial charge in [-0.2, -0.15) is 0 Å². The van der Waals surface area contributed by atoms with Gasteiger partial charge in [0.2, 0.25) is 0 Å². The molecule has 0 saturated heterocycles. The van der Waals surface area contributed by atoms with E-state index in [2.05, 4.69) is 10.6 Å². The van der Waals surface area contributed by atoms with Crippen LogP contribution in [0.25, 0.3) is 0 Å². The molecule has 1 aromatic carbocycles. The molecular formula is C14H19FN2O2. The Hall–Kier alpha value is -1.62. The van der Waals surface area contributed by atoms with Gasteiger partial charge >= 0.3 is 0 Å². The zero-order chi connectivity index (χ0) is 13.8. The Morgan fingerprint density at radius 3 is 2.89 bits per heavy atom. The summed E-state index contributed by atoms with van der Waals surface area (Å²) in [6.07, 6.45) is 2.09. The number of benzene rings is 1. The number of rotatable bonds is 6. The van der Waals surface area contributed by atoms with Gasteiger partial charge in [0.1, 0.15) is 11.6 Å². The van der Waals surface area contributed by atoms with Crippen LogP contribution in [0.4, 0.5) is 4.39 Å². The van der Waals surface area contributed by atoms with Crippen molar-refractivity contribution in [3.05, 3.63) is 29.6 Å². The summed E-state index contributed by atoms with van der Waals surface area (Å²) in [6, 6.07) is 4.59. The van der Waals surface area contributed by atoms with Crippen molar-refractivity contribution in [2.24, 2.45) is 0 Å². The first kappa shape index (κ1) is 13.8. The number of halogens is 1. The maximum atomic E-state index is 13.3. The van der Waals surface area contributed by atoms with E-state index in [-0.39, 0.29) is 24.4 Å². The monoisotopic (exact) mass is 266 g/mol. The van der Waals surface area contributed by atoms with Crippen molar-refractivity contribution < 1.29 is 13.9 Å². The van der Waals surface area contributed by atoms with Crippen LogP contribution in [0, 0.1) is 5.82 Å². The molecule has 1 aliphatic carbocycles. The number of nitrogens with one attached hydrogen (secondary N) is 2. The van der Waals surface area contributed by atoms with Crippen molar-refractivity contribution in [3.8, 4) is 5.75 Å². The van der Waals surface area contributed by atoms with Crippen molar-refractivity contribution in [1.82, 2.24) is 10.6 Å². The normalized spacial score (nSPS) is 15.9. The van der Waals surface area contributed by atoms with Crippen LogP contribution >= 0.6 is 0 Å². The molecular weight excluding hydrogens is 247 g/mol. The highest BCUT2D eigenvalue weighted by molar-refractivity contribution is 5.78. The molecule has 0 heterocycles. The molecule has 0 bridgehead atoms. The van der Waals surface area contributed by atoms with E-state index in [9.17, 15) is 9.18 Å². The minimum Gasteiger partial charge on any atom is -0.483 e. The highest BCUT2D eigenvalue weighted by atomic mass is 19.1. The van der Waals surface area contributed by atoms with Crippen LogP contribution in [0.1, 0.15) is 31.4 Å². The fraction of sp³-hybridized carbons (Fsp3) is 0.500. The summed E-state index contributed by atoms with van der Waals surface area (Å²) < 4.78 is 18.7. The smallest absolute Gasteiger partial charge is 0.258 e. The summed E-state index contributed by atoms with van der Waals surface area (Å²) in [7, 11) is 1.79. The average Bonchev–Trinajstić information content (AvgIpc) is 3.20. The molecule has 1 saturated carbocycles. The molecule has 0 aliphatic heterocycles. The van der Waals surface area contributed by atoms with E-state index < -0.39 is 0 Å². The lowest BCUT2D eigenvalue weighted by Gasteiger charge is -2.16. The Labute approximate surface area is 112 Å². The third-order valence-electron chi connectivity index (χ3n) is 3.17. The largest absolute Gasteiger partial charge is 0.483 e. The summed E-state index contributed by atoms with van der Waals surface area (Å²) >= 11 is 0. The zero-order valence-electron chi connectivity index (χ0n) is 11.2. The third-order valence-corrected chi connectivity index (χ3v) is 3.17. The lowest BCUT2D eigenvalue weighted by atomic mass is 10.1. The van der Waals surface area contributed by atoms with E-state index in [1.54, 1.807) is 13.1 Å². The Balaban J connectivity index is 1.99. The van der Waals surface area contributed by atoms with E-state index in [0.717, 1.165) is 12.8 Å². The van der Waals surface area contributed by atoms with Gasteiger partial charge in [-0.05, 0) is 45.0 Å². The molecule has 1 aromatic rings. The first-order valence-corrected chi connectivity index (χ1v) is 6.49. The minimum absolute atomic E-state index is 0.0361. The second kappa shape index (κ2) is 6.02. The quantitative estimate of drug-likeness (QED) is 0.825. The van der Waals surface area contributed by atoms with Crippen LogP contribution in [0.2, 0.25) is 0 Å². The first-order valence-electron chi connectivity index (χ1n) is 6.49. The molecule has 5 heteroatoms. The second-order valence-corrected chi connectivity index (χ2v) is 4.82. The predicted molar refractivity (Wildman–Crippen MR) is 70.5 cm³/mol. The fourth-order valence-electron chi connectivity index (χ4n) is 1.78. The molecule has 4 nitrogen and oxygen atoms in total. The predicted octanol–water partition coefficient (Wildman–Crippen LogP) is 1.76. The number of ether oxygens (including phenoxy) is 1. The molecule has 19 heavy (non-hydrogen) atoms. The van der Waals surface area contributed by atoms with Crippen molar-refractivity contribution in [1.29, 1.82) is 0 Å². The van der Waals surface area contributed by atoms with Gasteiger partial charge < -0.3 is 15.4 Å². The molecule has 0 aromatic heterocycles. The maximum Gasteiger partial charge on any atom is 0.258 e. The minimum atomic E-state index is -0.313. The van der Waals surface area contributed by atoms with Gasteiger partial charge in [0.25, 0.3) is 5.91 Å². The molecule has 104 valence electrons. The van der Waals surface area contributed by atoms with Crippen molar-refractivity contribution >= 4 is 5.91 Å². The van der Waals surface area contributed by atoms with Gasteiger partial charge in [-0.3, -0.25) is 4.79 Å². The summed E-state index contributed by atoms with van der Waals surface area (Å²) in [5.41, 5.74) is 0.710. The number of hydrogen-bond donors (Lipinski definition) is 2. The zero-order valence-corrected chi connectivity index (χ0v) is 11.2. The van der Waals surface area contributed by atoms with Crippen LogP contribution < -0.4 is 15.4 Å². The molecule has 1 aliphatic rings. The van der Waals surface area contributed by atoms with Gasteiger partial charge in [0.15, 0.2) is 6.61 Å². The Bertz CT molecular complexity index is 461. The van der Waals surface area contributed by atoms with E-state index in [4.69, 9.17) is 4.74 Å². The Kier molecular flexibility index (Phi) is 4.37. The molecule has 0 spiro atoms. The van der Waals surface area contributed by atoms with E-state index in [1.165, 1.54) is 12.1 Å². The van der Waals surface area contributed by atoms with Gasteiger partial charge in [-0.1, -0.05) is 0 Å². The number of carbonyl (C=O) groups excluding carboxylic acids is 1. The topological polar surface area (TPSA) is 50.4 Å². The Morgan fingerprint density at radius 2 is 2.26 bits per heavy atom. The van der Waals surface area contributed by atoms with Crippen molar-refractivity contribution in [2.45, 2.75) is 31.8 Å². The fourth-order valence-corrected chi connectivity index (χ4v) is 1.78. The maximum absolute atomic E-state index is 13.3. The molecule has 1 amide bonds. The summed E-state index contributed by atoms with van der Waals surface area (Å²) in [4.78, 5) is 11.6. The summed E-state index contributed by atoms with van der Waals surface area (Å²) in [5.74, 6) is 0.0935. The standard InChI is InChI=1S/C14H19FN2O2/c1-9(16-2)12-7-10(15)3-6-13(12)19-8-14(18)17-11-4-5-11/h3,6-7,9,11,16H,4-5,8H2,1-2H3,(H,17,18). The summed E-state index contributed by atoms with van der Waals surface area (Å²) in [6.45, 7) is 1.87. The van der Waals surface area contributed by atoms with Gasteiger partial charge in [0.05, 0.1) is 0 Å². The van der Waals surface area contributed by atoms with Crippen molar-refractivity contribution in [3.63, 3.8) is 0 Å². The highest BCUT2D eigenvalue weighted by Crippen LogP contribution is 2.26. The average molecular weight is 266 g/mol. The number of amides is 1. The lowest BCUT2D eigenvalue weighted by Crippen LogP contribution is -2.30. The van der Waals surface area contributed by atoms with Crippen LogP contribution in [0.15, 0.2) is 18.2 Å². The van der Waals surface area contributed by atoms with Gasteiger partial charge in [0, 0.05) is 17.6 Å².